The molecule has 2 aliphatic rings. The van der Waals surface area contributed by atoms with Crippen molar-refractivity contribution in [2.75, 3.05) is 11.5 Å². The van der Waals surface area contributed by atoms with Gasteiger partial charge in [-0.1, -0.05) is 103 Å². The molecule has 2 aromatic heterocycles. The number of hydrogen-bond donors (Lipinski definition) is 3. The van der Waals surface area contributed by atoms with Crippen molar-refractivity contribution in [3.63, 3.8) is 0 Å². The van der Waals surface area contributed by atoms with E-state index in [0.29, 0.717) is 21.2 Å². The van der Waals surface area contributed by atoms with Crippen molar-refractivity contribution in [1.29, 1.82) is 0 Å². The third kappa shape index (κ3) is 5.79. The fourth-order valence-corrected chi connectivity index (χ4v) is 7.86. The summed E-state index contributed by atoms with van der Waals surface area (Å²) < 4.78 is 6.23. The van der Waals surface area contributed by atoms with Crippen LogP contribution in [0.1, 0.15) is 22.8 Å². The molecule has 1 unspecified atom stereocenters. The van der Waals surface area contributed by atoms with Gasteiger partial charge in [0.2, 0.25) is 17.5 Å². The molecular weight excluding hydrogens is 625 g/mol. The first-order valence-electron chi connectivity index (χ1n) is 14.3. The van der Waals surface area contributed by atoms with Gasteiger partial charge in [-0.25, -0.2) is 9.78 Å². The molecule has 0 aliphatic carbocycles. The van der Waals surface area contributed by atoms with Gasteiger partial charge in [0.15, 0.2) is 11.6 Å². The van der Waals surface area contributed by atoms with Crippen molar-refractivity contribution in [2.24, 2.45) is 0 Å². The fraction of sp³-hybridized carbons (Fsp3) is 0.156. The van der Waals surface area contributed by atoms with E-state index in [9.17, 15) is 14.4 Å². The summed E-state index contributed by atoms with van der Waals surface area (Å²) in [7, 11) is 0. The predicted molar refractivity (Wildman–Crippen MR) is 173 cm³/mol. The number of esters is 1. The van der Waals surface area contributed by atoms with Crippen molar-refractivity contribution in [3.05, 3.63) is 118 Å². The summed E-state index contributed by atoms with van der Waals surface area (Å²) in [5.74, 6) is -1.06. The Morgan fingerprint density at radius 1 is 0.978 bits per heavy atom. The number of carbonyl (C=O) groups is 3. The minimum absolute atomic E-state index is 0.00981. The van der Waals surface area contributed by atoms with Crippen LogP contribution in [-0.2, 0) is 25.5 Å². The molecule has 4 heterocycles. The van der Waals surface area contributed by atoms with Crippen LogP contribution in [0.15, 0.2) is 107 Å². The summed E-state index contributed by atoms with van der Waals surface area (Å²) in [5, 5.41) is 13.4. The Labute approximate surface area is 271 Å². The van der Waals surface area contributed by atoms with E-state index in [2.05, 4.69) is 30.7 Å². The summed E-state index contributed by atoms with van der Waals surface area (Å²) in [6.07, 6.45) is -0.608. The first kappa shape index (κ1) is 29.5. The maximum absolute atomic E-state index is 14.3. The largest absolute Gasteiger partial charge is 0.448 e. The van der Waals surface area contributed by atoms with Gasteiger partial charge in [-0.3, -0.25) is 14.5 Å². The molecule has 230 valence electrons. The number of carbonyl (C=O) groups excluding carboxylic acids is 3. The lowest BCUT2D eigenvalue weighted by Gasteiger charge is -2.49. The van der Waals surface area contributed by atoms with Crippen LogP contribution in [0.5, 0.6) is 0 Å². The van der Waals surface area contributed by atoms with E-state index in [1.54, 1.807) is 0 Å². The molecular formula is C32H26N8O4S2. The van der Waals surface area contributed by atoms with E-state index >= 15 is 0 Å². The zero-order chi connectivity index (χ0) is 31.6. The van der Waals surface area contributed by atoms with Crippen molar-refractivity contribution in [3.8, 4) is 0 Å². The first-order chi connectivity index (χ1) is 22.5. The molecule has 7 rings (SSSR count). The second kappa shape index (κ2) is 12.7. The topological polar surface area (TPSA) is 169 Å². The molecule has 5 aromatic rings. The van der Waals surface area contributed by atoms with Crippen LogP contribution in [0, 0.1) is 0 Å². The quantitative estimate of drug-likeness (QED) is 0.121. The summed E-state index contributed by atoms with van der Waals surface area (Å²) in [5.41, 5.74) is 9.05. The highest BCUT2D eigenvalue weighted by Gasteiger charge is 2.55. The van der Waals surface area contributed by atoms with Crippen LogP contribution < -0.4 is 11.1 Å². The van der Waals surface area contributed by atoms with Gasteiger partial charge in [-0.15, -0.1) is 16.9 Å². The highest BCUT2D eigenvalue weighted by atomic mass is 32.2. The number of thioether (sulfide) groups is 2. The Morgan fingerprint density at radius 3 is 2.30 bits per heavy atom. The number of fused-ring (bicyclic) bond motifs is 2. The minimum atomic E-state index is -0.799. The highest BCUT2D eigenvalue weighted by molar-refractivity contribution is 8.06. The zero-order valence-electron chi connectivity index (χ0n) is 24.1. The van der Waals surface area contributed by atoms with E-state index in [1.807, 2.05) is 91.0 Å². The van der Waals surface area contributed by atoms with Crippen LogP contribution in [-0.4, -0.2) is 65.2 Å². The van der Waals surface area contributed by atoms with E-state index in [-0.39, 0.29) is 29.6 Å². The normalized spacial score (nSPS) is 17.5. The van der Waals surface area contributed by atoms with Gasteiger partial charge < -0.3 is 15.8 Å². The first-order valence-corrected chi connectivity index (χ1v) is 16.2. The molecule has 2 atom stereocenters. The second-order valence-corrected chi connectivity index (χ2v) is 12.7. The van der Waals surface area contributed by atoms with Crippen LogP contribution in [0.3, 0.4) is 0 Å². The molecule has 12 nitrogen and oxygen atoms in total. The third-order valence-corrected chi connectivity index (χ3v) is 9.99. The summed E-state index contributed by atoms with van der Waals surface area (Å²) in [6.45, 7) is 0. The number of amides is 2. The number of nitrogens with one attached hydrogen (secondary N) is 2. The number of β-lactam (4-membered cyclic amide) rings is 1. The van der Waals surface area contributed by atoms with Gasteiger partial charge in [0.25, 0.3) is 5.91 Å². The fourth-order valence-electron chi connectivity index (χ4n) is 5.34. The van der Waals surface area contributed by atoms with E-state index in [4.69, 9.17) is 10.5 Å². The monoisotopic (exact) mass is 650 g/mol. The lowest BCUT2D eigenvalue weighted by Crippen LogP contribution is -2.70. The van der Waals surface area contributed by atoms with Crippen LogP contribution >= 0.6 is 23.5 Å². The second-order valence-electron chi connectivity index (χ2n) is 10.5. The van der Waals surface area contributed by atoms with Crippen LogP contribution in [0.4, 0.5) is 5.95 Å². The number of hydrogen-bond acceptors (Lipinski definition) is 11. The lowest BCUT2D eigenvalue weighted by molar-refractivity contribution is -0.154. The smallest absolute Gasteiger partial charge is 0.356 e. The van der Waals surface area contributed by atoms with Crippen LogP contribution in [0.2, 0.25) is 0 Å². The van der Waals surface area contributed by atoms with E-state index in [1.165, 1.54) is 16.7 Å². The Balaban J connectivity index is 1.22. The summed E-state index contributed by atoms with van der Waals surface area (Å²) in [4.78, 5) is 51.3. The molecule has 2 aliphatic heterocycles. The summed E-state index contributed by atoms with van der Waals surface area (Å²) >= 11 is 2.58. The number of ether oxygens (including phenoxy) is 1. The van der Waals surface area contributed by atoms with Gasteiger partial charge in [0.1, 0.15) is 22.1 Å². The molecule has 3 aromatic carbocycles. The van der Waals surface area contributed by atoms with Gasteiger partial charge in [0.05, 0.1) is 6.42 Å². The van der Waals surface area contributed by atoms with E-state index < -0.39 is 29.4 Å². The number of anilines is 1. The number of nitrogens with zero attached hydrogens (tertiary/aromatic N) is 5. The number of aromatic amines is 1. The van der Waals surface area contributed by atoms with Crippen molar-refractivity contribution in [1.82, 2.24) is 35.6 Å². The average molecular weight is 651 g/mol. The summed E-state index contributed by atoms with van der Waals surface area (Å²) in [6, 6.07) is 27.3. The molecule has 1 saturated heterocycles. The Hall–Kier alpha value is -5.21. The highest BCUT2D eigenvalue weighted by Crippen LogP contribution is 2.46. The molecule has 0 saturated carbocycles. The molecule has 0 radical (unpaired) electrons. The standard InChI is InChI=1S/C32H26N8O4S2/c33-32-35-27-23(37-39-38-27)28(36-32)46-21-17-45-30-24(34-22(41)16-18-10-4-1-5-11-18)29(42)40(30)25(21)31(43)44-26(19-12-6-2-7-13-19)20-14-8-3-9-15-20/h1-15,24,26,30H,16-17H2,(H,34,41)(H3,33,35,36,37,38,39)/t24?,30-/m1/s1. The zero-order valence-corrected chi connectivity index (χ0v) is 25.7. The number of aromatic nitrogens is 5. The number of benzene rings is 3. The molecule has 1 fully saturated rings. The van der Waals surface area contributed by atoms with Gasteiger partial charge in [-0.05, 0) is 16.7 Å². The Kier molecular flexibility index (Phi) is 8.11. The molecule has 0 bridgehead atoms. The Bertz CT molecular complexity index is 1920. The number of rotatable bonds is 9. The van der Waals surface area contributed by atoms with Gasteiger partial charge >= 0.3 is 5.97 Å². The average Bonchev–Trinajstić information content (AvgIpc) is 3.56. The molecule has 4 N–H and O–H groups in total. The maximum Gasteiger partial charge on any atom is 0.356 e. The number of nitrogen functional groups attached to an aromatic ring is 1. The van der Waals surface area contributed by atoms with E-state index in [0.717, 1.165) is 28.5 Å². The minimum Gasteiger partial charge on any atom is -0.448 e. The number of H-pyrrole nitrogens is 1. The number of nitrogens with two attached hydrogens (primary N) is 1. The lowest BCUT2D eigenvalue weighted by atomic mass is 10.0. The molecule has 14 heteroatoms. The van der Waals surface area contributed by atoms with Crippen LogP contribution in [0.25, 0.3) is 11.2 Å². The molecule has 0 spiro atoms. The predicted octanol–water partition coefficient (Wildman–Crippen LogP) is 3.61. The molecule has 2 amide bonds. The van der Waals surface area contributed by atoms with Crippen molar-refractivity contribution < 1.29 is 19.1 Å². The Morgan fingerprint density at radius 2 is 1.63 bits per heavy atom. The van der Waals surface area contributed by atoms with Gasteiger partial charge in [-0.2, -0.15) is 15.3 Å². The van der Waals surface area contributed by atoms with Crippen molar-refractivity contribution >= 4 is 58.4 Å². The third-order valence-electron chi connectivity index (χ3n) is 7.47. The van der Waals surface area contributed by atoms with Crippen molar-refractivity contribution in [2.45, 2.75) is 29.0 Å². The maximum atomic E-state index is 14.3. The SMILES string of the molecule is Nc1nc(SC2=C(C(=O)OC(c3ccccc3)c3ccccc3)N3C(=O)C(NC(=O)Cc4ccccc4)[C@H]3SC2)c2n[nH]nc2n1. The molecule has 46 heavy (non-hydrogen) atoms. The van der Waals surface area contributed by atoms with Gasteiger partial charge in [0, 0.05) is 10.7 Å².